The normalized spacial score (nSPS) is 24.5. The summed E-state index contributed by atoms with van der Waals surface area (Å²) in [6.07, 6.45) is -0.349. The van der Waals surface area contributed by atoms with Gasteiger partial charge in [0.1, 0.15) is 0 Å². The lowest BCUT2D eigenvalue weighted by atomic mass is 10.3. The number of ether oxygens (including phenoxy) is 1. The summed E-state index contributed by atoms with van der Waals surface area (Å²) in [5, 5.41) is 10.6. The third-order valence-corrected chi connectivity index (χ3v) is 4.92. The monoisotopic (exact) mass is 300 g/mol. The maximum atomic E-state index is 12.5. The van der Waals surface area contributed by atoms with E-state index in [9.17, 15) is 18.5 Å². The predicted molar refractivity (Wildman–Crippen MR) is 71.9 cm³/mol. The van der Waals surface area contributed by atoms with Crippen LogP contribution >= 0.6 is 0 Å². The minimum atomic E-state index is -3.64. The van der Waals surface area contributed by atoms with E-state index in [1.807, 2.05) is 13.8 Å². The standard InChI is InChI=1S/C12H16N2O5S/c1-9-7-13(8-10(2)19-9)20(17,18)12-5-3-11(4-6-12)14(15)16/h3-6,9-10H,7-8H2,1-2H3. The van der Waals surface area contributed by atoms with Crippen LogP contribution in [0.3, 0.4) is 0 Å². The second-order valence-electron chi connectivity index (χ2n) is 4.83. The molecule has 1 fully saturated rings. The molecule has 1 aliphatic heterocycles. The van der Waals surface area contributed by atoms with E-state index >= 15 is 0 Å². The first-order valence-electron chi connectivity index (χ1n) is 6.21. The summed E-state index contributed by atoms with van der Waals surface area (Å²) in [6, 6.07) is 4.91. The molecule has 0 spiro atoms. The molecule has 7 nitrogen and oxygen atoms in total. The van der Waals surface area contributed by atoms with E-state index in [0.29, 0.717) is 0 Å². The number of nitro benzene ring substituents is 1. The Morgan fingerprint density at radius 2 is 1.70 bits per heavy atom. The highest BCUT2D eigenvalue weighted by molar-refractivity contribution is 7.89. The van der Waals surface area contributed by atoms with Gasteiger partial charge in [-0.3, -0.25) is 10.1 Å². The Hall–Kier alpha value is -1.51. The summed E-state index contributed by atoms with van der Waals surface area (Å²) in [7, 11) is -3.64. The van der Waals surface area contributed by atoms with Crippen molar-refractivity contribution in [2.45, 2.75) is 31.0 Å². The second-order valence-corrected chi connectivity index (χ2v) is 6.77. The summed E-state index contributed by atoms with van der Waals surface area (Å²) in [5.41, 5.74) is -0.132. The van der Waals surface area contributed by atoms with Crippen LogP contribution in [0.25, 0.3) is 0 Å². The molecule has 0 saturated carbocycles. The van der Waals surface area contributed by atoms with Crippen LogP contribution in [0.1, 0.15) is 13.8 Å². The molecule has 1 aliphatic rings. The highest BCUT2D eigenvalue weighted by Gasteiger charge is 2.32. The maximum Gasteiger partial charge on any atom is 0.269 e. The van der Waals surface area contributed by atoms with Crippen molar-refractivity contribution in [2.24, 2.45) is 0 Å². The Bertz CT molecular complexity index is 589. The van der Waals surface area contributed by atoms with Gasteiger partial charge in [-0.15, -0.1) is 0 Å². The van der Waals surface area contributed by atoms with E-state index in [-0.39, 0.29) is 35.9 Å². The van der Waals surface area contributed by atoms with Crippen LogP contribution in [-0.2, 0) is 14.8 Å². The average molecular weight is 300 g/mol. The molecular formula is C12H16N2O5S. The summed E-state index contributed by atoms with van der Waals surface area (Å²) in [5.74, 6) is 0. The number of morpholine rings is 1. The Balaban J connectivity index is 2.27. The number of non-ortho nitro benzene ring substituents is 1. The van der Waals surface area contributed by atoms with Crippen molar-refractivity contribution in [3.63, 3.8) is 0 Å². The van der Waals surface area contributed by atoms with E-state index < -0.39 is 14.9 Å². The molecule has 0 radical (unpaired) electrons. The first-order valence-corrected chi connectivity index (χ1v) is 7.65. The van der Waals surface area contributed by atoms with E-state index in [2.05, 4.69) is 0 Å². The fourth-order valence-corrected chi connectivity index (χ4v) is 3.81. The number of hydrogen-bond acceptors (Lipinski definition) is 5. The fraction of sp³-hybridized carbons (Fsp3) is 0.500. The molecule has 0 aliphatic carbocycles. The van der Waals surface area contributed by atoms with Gasteiger partial charge in [0.2, 0.25) is 10.0 Å². The summed E-state index contributed by atoms with van der Waals surface area (Å²) in [6.45, 7) is 4.19. The number of nitro groups is 1. The van der Waals surface area contributed by atoms with Crippen molar-refractivity contribution in [2.75, 3.05) is 13.1 Å². The largest absolute Gasteiger partial charge is 0.373 e. The van der Waals surface area contributed by atoms with E-state index in [0.717, 1.165) is 0 Å². The van der Waals surface area contributed by atoms with Gasteiger partial charge in [0.05, 0.1) is 22.0 Å². The molecule has 1 heterocycles. The molecule has 2 unspecified atom stereocenters. The number of nitrogens with zero attached hydrogens (tertiary/aromatic N) is 2. The van der Waals surface area contributed by atoms with Crippen LogP contribution < -0.4 is 0 Å². The number of sulfonamides is 1. The molecule has 20 heavy (non-hydrogen) atoms. The van der Waals surface area contributed by atoms with Gasteiger partial charge in [-0.25, -0.2) is 8.42 Å². The van der Waals surface area contributed by atoms with E-state index in [4.69, 9.17) is 4.74 Å². The summed E-state index contributed by atoms with van der Waals surface area (Å²) >= 11 is 0. The molecular weight excluding hydrogens is 284 g/mol. The summed E-state index contributed by atoms with van der Waals surface area (Å²) in [4.78, 5) is 10.1. The quantitative estimate of drug-likeness (QED) is 0.621. The molecule has 0 aromatic heterocycles. The number of rotatable bonds is 3. The minimum absolute atomic E-state index is 0.0596. The van der Waals surface area contributed by atoms with Crippen molar-refractivity contribution in [3.8, 4) is 0 Å². The second kappa shape index (κ2) is 5.47. The zero-order chi connectivity index (χ0) is 14.9. The van der Waals surface area contributed by atoms with Crippen molar-refractivity contribution in [1.82, 2.24) is 4.31 Å². The third kappa shape index (κ3) is 2.97. The van der Waals surface area contributed by atoms with Crippen LogP contribution in [0.5, 0.6) is 0 Å². The van der Waals surface area contributed by atoms with Gasteiger partial charge in [-0.1, -0.05) is 0 Å². The van der Waals surface area contributed by atoms with E-state index in [1.165, 1.54) is 28.6 Å². The Morgan fingerprint density at radius 1 is 1.20 bits per heavy atom. The first kappa shape index (κ1) is 14.9. The van der Waals surface area contributed by atoms with Gasteiger partial charge in [-0.2, -0.15) is 4.31 Å². The maximum absolute atomic E-state index is 12.5. The molecule has 1 aromatic carbocycles. The molecule has 2 atom stereocenters. The lowest BCUT2D eigenvalue weighted by Gasteiger charge is -2.34. The molecule has 0 bridgehead atoms. The van der Waals surface area contributed by atoms with Crippen LogP contribution in [-0.4, -0.2) is 42.9 Å². The fourth-order valence-electron chi connectivity index (χ4n) is 2.22. The molecule has 0 N–H and O–H groups in total. The van der Waals surface area contributed by atoms with Crippen molar-refractivity contribution in [1.29, 1.82) is 0 Å². The lowest BCUT2D eigenvalue weighted by Crippen LogP contribution is -2.48. The average Bonchev–Trinajstić information content (AvgIpc) is 2.37. The first-order chi connectivity index (χ1) is 9.30. The van der Waals surface area contributed by atoms with Crippen molar-refractivity contribution < 1.29 is 18.1 Å². The van der Waals surface area contributed by atoms with Gasteiger partial charge in [0.25, 0.3) is 5.69 Å². The SMILES string of the molecule is CC1CN(S(=O)(=O)c2ccc([N+](=O)[O-])cc2)CC(C)O1. The topological polar surface area (TPSA) is 89.8 Å². The Labute approximate surface area is 117 Å². The molecule has 8 heteroatoms. The number of benzene rings is 1. The Kier molecular flexibility index (Phi) is 4.07. The number of hydrogen-bond donors (Lipinski definition) is 0. The van der Waals surface area contributed by atoms with Gasteiger partial charge in [0.15, 0.2) is 0 Å². The van der Waals surface area contributed by atoms with Gasteiger partial charge in [0, 0.05) is 25.2 Å². The zero-order valence-electron chi connectivity index (χ0n) is 11.2. The molecule has 1 aromatic rings. The lowest BCUT2D eigenvalue weighted by molar-refractivity contribution is -0.384. The van der Waals surface area contributed by atoms with Crippen LogP contribution in [0.15, 0.2) is 29.2 Å². The zero-order valence-corrected chi connectivity index (χ0v) is 12.0. The minimum Gasteiger partial charge on any atom is -0.373 e. The van der Waals surface area contributed by atoms with Crippen LogP contribution in [0.2, 0.25) is 0 Å². The van der Waals surface area contributed by atoms with Crippen molar-refractivity contribution >= 4 is 15.7 Å². The van der Waals surface area contributed by atoms with Crippen LogP contribution in [0.4, 0.5) is 5.69 Å². The Morgan fingerprint density at radius 3 is 2.15 bits per heavy atom. The smallest absolute Gasteiger partial charge is 0.269 e. The van der Waals surface area contributed by atoms with Gasteiger partial charge >= 0.3 is 0 Å². The highest BCUT2D eigenvalue weighted by Crippen LogP contribution is 2.22. The van der Waals surface area contributed by atoms with E-state index in [1.54, 1.807) is 0 Å². The van der Waals surface area contributed by atoms with Crippen molar-refractivity contribution in [3.05, 3.63) is 34.4 Å². The predicted octanol–water partition coefficient (Wildman–Crippen LogP) is 1.39. The van der Waals surface area contributed by atoms with Gasteiger partial charge in [-0.05, 0) is 26.0 Å². The molecule has 2 rings (SSSR count). The van der Waals surface area contributed by atoms with Crippen LogP contribution in [0, 0.1) is 10.1 Å². The summed E-state index contributed by atoms with van der Waals surface area (Å²) < 4.78 is 31.8. The molecule has 1 saturated heterocycles. The third-order valence-electron chi connectivity index (χ3n) is 3.07. The van der Waals surface area contributed by atoms with Gasteiger partial charge < -0.3 is 4.74 Å². The molecule has 110 valence electrons. The highest BCUT2D eigenvalue weighted by atomic mass is 32.2. The molecule has 0 amide bonds.